The fourth-order valence-corrected chi connectivity index (χ4v) is 2.87. The molecule has 0 aliphatic carbocycles. The Labute approximate surface area is 90.0 Å². The van der Waals surface area contributed by atoms with Gasteiger partial charge >= 0.3 is 0 Å². The van der Waals surface area contributed by atoms with Crippen molar-refractivity contribution in [2.45, 2.75) is 19.3 Å². The molecule has 1 amide bonds. The Morgan fingerprint density at radius 2 is 1.87 bits per heavy atom. The van der Waals surface area contributed by atoms with Crippen molar-refractivity contribution in [3.8, 4) is 0 Å². The molecule has 1 heterocycles. The highest BCUT2D eigenvalue weighted by atomic mass is 32.2. The number of aliphatic hydroxyl groups excluding tert-OH is 1. The fourth-order valence-electron chi connectivity index (χ4n) is 1.60. The number of carbonyl (C=O) groups excluding carboxylic acids is 1. The van der Waals surface area contributed by atoms with Crippen LogP contribution in [0.3, 0.4) is 0 Å². The minimum absolute atomic E-state index is 0.108. The Kier molecular flexibility index (Phi) is 4.53. The number of rotatable bonds is 5. The summed E-state index contributed by atoms with van der Waals surface area (Å²) in [6, 6.07) is 0. The van der Waals surface area contributed by atoms with Gasteiger partial charge in [-0.3, -0.25) is 4.79 Å². The van der Waals surface area contributed by atoms with Crippen LogP contribution in [0.4, 0.5) is 0 Å². The number of carbonyl (C=O) groups is 1. The van der Waals surface area contributed by atoms with Gasteiger partial charge in [-0.2, -0.15) is 0 Å². The molecule has 0 aromatic rings. The molecule has 5 nitrogen and oxygen atoms in total. The minimum Gasteiger partial charge on any atom is -0.396 e. The van der Waals surface area contributed by atoms with Crippen LogP contribution in [0.15, 0.2) is 0 Å². The molecule has 1 rings (SSSR count). The number of amides is 1. The van der Waals surface area contributed by atoms with Gasteiger partial charge in [0.1, 0.15) is 5.75 Å². The highest BCUT2D eigenvalue weighted by Crippen LogP contribution is 2.08. The number of hydrogen-bond acceptors (Lipinski definition) is 4. The van der Waals surface area contributed by atoms with Crippen molar-refractivity contribution in [1.82, 2.24) is 4.90 Å². The van der Waals surface area contributed by atoms with E-state index in [1.807, 2.05) is 0 Å². The summed E-state index contributed by atoms with van der Waals surface area (Å²) in [5.41, 5.74) is 0. The Balaban J connectivity index is 2.42. The normalized spacial score (nSPS) is 17.0. The van der Waals surface area contributed by atoms with E-state index in [1.54, 1.807) is 4.90 Å². The van der Waals surface area contributed by atoms with E-state index in [9.17, 15) is 13.2 Å². The first-order chi connectivity index (χ1) is 7.05. The van der Waals surface area contributed by atoms with Crippen molar-refractivity contribution in [3.05, 3.63) is 0 Å². The van der Waals surface area contributed by atoms with Crippen LogP contribution in [0.5, 0.6) is 0 Å². The van der Waals surface area contributed by atoms with Crippen molar-refractivity contribution in [3.63, 3.8) is 0 Å². The van der Waals surface area contributed by atoms with Gasteiger partial charge in [-0.25, -0.2) is 8.42 Å². The van der Waals surface area contributed by atoms with E-state index < -0.39 is 15.6 Å². The molecule has 0 radical (unpaired) electrons. The Bertz CT molecular complexity index is 306. The van der Waals surface area contributed by atoms with Crippen LogP contribution in [-0.2, 0) is 14.6 Å². The first kappa shape index (κ1) is 12.4. The molecule has 0 spiro atoms. The zero-order valence-electron chi connectivity index (χ0n) is 8.68. The highest BCUT2D eigenvalue weighted by molar-refractivity contribution is 7.92. The highest BCUT2D eigenvalue weighted by Gasteiger charge is 2.23. The molecule has 1 aliphatic rings. The summed E-state index contributed by atoms with van der Waals surface area (Å²) >= 11 is 0. The van der Waals surface area contributed by atoms with Gasteiger partial charge in [-0.05, 0) is 19.3 Å². The molecule has 1 saturated heterocycles. The molecule has 0 bridgehead atoms. The Morgan fingerprint density at radius 1 is 1.27 bits per heavy atom. The summed E-state index contributed by atoms with van der Waals surface area (Å²) in [5, 5.41) is 8.52. The predicted molar refractivity (Wildman–Crippen MR) is 56.2 cm³/mol. The molecule has 0 aromatic heterocycles. The Hall–Kier alpha value is -0.620. The smallest absolute Gasteiger partial charge is 0.237 e. The van der Waals surface area contributed by atoms with E-state index in [0.29, 0.717) is 13.1 Å². The van der Waals surface area contributed by atoms with Gasteiger partial charge in [-0.1, -0.05) is 0 Å². The van der Waals surface area contributed by atoms with Gasteiger partial charge in [-0.15, -0.1) is 0 Å². The number of likely N-dealkylation sites (tertiary alicyclic amines) is 1. The maximum absolute atomic E-state index is 11.5. The zero-order valence-corrected chi connectivity index (χ0v) is 9.50. The SMILES string of the molecule is O=C(CS(=O)(=O)CCCO)N1CCCC1. The molecule has 88 valence electrons. The van der Waals surface area contributed by atoms with Crippen molar-refractivity contribution in [1.29, 1.82) is 0 Å². The molecular weight excluding hydrogens is 218 g/mol. The lowest BCUT2D eigenvalue weighted by Crippen LogP contribution is -2.34. The quantitative estimate of drug-likeness (QED) is 0.691. The van der Waals surface area contributed by atoms with Gasteiger partial charge in [0.05, 0.1) is 5.75 Å². The first-order valence-electron chi connectivity index (χ1n) is 5.14. The summed E-state index contributed by atoms with van der Waals surface area (Å²) in [7, 11) is -3.33. The van der Waals surface area contributed by atoms with Crippen LogP contribution >= 0.6 is 0 Å². The van der Waals surface area contributed by atoms with E-state index >= 15 is 0 Å². The van der Waals surface area contributed by atoms with E-state index in [0.717, 1.165) is 12.8 Å². The van der Waals surface area contributed by atoms with Gasteiger partial charge in [0.15, 0.2) is 9.84 Å². The summed E-state index contributed by atoms with van der Waals surface area (Å²) in [5.74, 6) is -0.818. The fraction of sp³-hybridized carbons (Fsp3) is 0.889. The van der Waals surface area contributed by atoms with Crippen LogP contribution in [-0.4, -0.2) is 55.5 Å². The topological polar surface area (TPSA) is 74.7 Å². The van der Waals surface area contributed by atoms with E-state index in [-0.39, 0.29) is 24.7 Å². The molecule has 0 aromatic carbocycles. The van der Waals surface area contributed by atoms with Crippen LogP contribution in [0.1, 0.15) is 19.3 Å². The molecule has 0 unspecified atom stereocenters. The number of hydrogen-bond donors (Lipinski definition) is 1. The monoisotopic (exact) mass is 235 g/mol. The maximum Gasteiger partial charge on any atom is 0.237 e. The van der Waals surface area contributed by atoms with E-state index in [2.05, 4.69) is 0 Å². The largest absolute Gasteiger partial charge is 0.396 e. The van der Waals surface area contributed by atoms with Crippen molar-refractivity contribution in [2.24, 2.45) is 0 Å². The van der Waals surface area contributed by atoms with Crippen LogP contribution < -0.4 is 0 Å². The van der Waals surface area contributed by atoms with Gasteiger partial charge in [0.2, 0.25) is 5.91 Å². The number of sulfone groups is 1. The first-order valence-corrected chi connectivity index (χ1v) is 6.96. The predicted octanol–water partition coefficient (Wildman–Crippen LogP) is -0.594. The molecule has 1 aliphatic heterocycles. The maximum atomic E-state index is 11.5. The van der Waals surface area contributed by atoms with Gasteiger partial charge in [0.25, 0.3) is 0 Å². The lowest BCUT2D eigenvalue weighted by atomic mass is 10.4. The summed E-state index contributed by atoms with van der Waals surface area (Å²) < 4.78 is 22.8. The molecule has 6 heteroatoms. The molecule has 1 fully saturated rings. The molecule has 0 saturated carbocycles. The second-order valence-corrected chi connectivity index (χ2v) is 5.94. The molecule has 15 heavy (non-hydrogen) atoms. The van der Waals surface area contributed by atoms with Crippen LogP contribution in [0, 0.1) is 0 Å². The third-order valence-corrected chi connectivity index (χ3v) is 4.01. The van der Waals surface area contributed by atoms with Gasteiger partial charge < -0.3 is 10.0 Å². The zero-order chi connectivity index (χ0) is 11.3. The minimum atomic E-state index is -3.33. The summed E-state index contributed by atoms with van der Waals surface area (Å²) in [6.45, 7) is 1.19. The van der Waals surface area contributed by atoms with Crippen molar-refractivity contribution in [2.75, 3.05) is 31.2 Å². The lowest BCUT2D eigenvalue weighted by molar-refractivity contribution is -0.127. The van der Waals surface area contributed by atoms with Gasteiger partial charge in [0, 0.05) is 19.7 Å². The van der Waals surface area contributed by atoms with Crippen LogP contribution in [0.25, 0.3) is 0 Å². The third-order valence-electron chi connectivity index (χ3n) is 2.42. The second-order valence-electron chi connectivity index (χ2n) is 3.76. The van der Waals surface area contributed by atoms with E-state index in [4.69, 9.17) is 5.11 Å². The number of nitrogens with zero attached hydrogens (tertiary/aromatic N) is 1. The summed E-state index contributed by atoms with van der Waals surface area (Å²) in [4.78, 5) is 13.1. The second kappa shape index (κ2) is 5.46. The summed E-state index contributed by atoms with van der Waals surface area (Å²) in [6.07, 6.45) is 2.13. The van der Waals surface area contributed by atoms with E-state index in [1.165, 1.54) is 0 Å². The lowest BCUT2D eigenvalue weighted by Gasteiger charge is -2.14. The van der Waals surface area contributed by atoms with Crippen LogP contribution in [0.2, 0.25) is 0 Å². The number of aliphatic hydroxyl groups is 1. The average molecular weight is 235 g/mol. The van der Waals surface area contributed by atoms with Crippen molar-refractivity contribution >= 4 is 15.7 Å². The standard InChI is InChI=1S/C9H17NO4S/c11-6-3-7-15(13,14)8-9(12)10-4-1-2-5-10/h11H,1-8H2. The molecule has 1 N–H and O–H groups in total. The Morgan fingerprint density at radius 3 is 2.40 bits per heavy atom. The van der Waals surface area contributed by atoms with Crippen molar-refractivity contribution < 1.29 is 18.3 Å². The molecular formula is C9H17NO4S. The molecule has 0 atom stereocenters. The third kappa shape index (κ3) is 4.17. The average Bonchev–Trinajstić information content (AvgIpc) is 2.67.